The Kier molecular flexibility index (Phi) is 2.70. The molecule has 0 atom stereocenters. The number of aromatic nitrogens is 2. The number of benzene rings is 1. The van der Waals surface area contributed by atoms with Gasteiger partial charge in [0.05, 0.1) is 5.69 Å². The van der Waals surface area contributed by atoms with Crippen molar-refractivity contribution in [1.29, 1.82) is 0 Å². The molecule has 0 fully saturated rings. The topological polar surface area (TPSA) is 38.0 Å². The molecule has 1 aromatic heterocycles. The summed E-state index contributed by atoms with van der Waals surface area (Å²) in [6, 6.07) is 7.62. The van der Waals surface area contributed by atoms with Crippen molar-refractivity contribution in [2.75, 3.05) is 6.61 Å². The zero-order valence-corrected chi connectivity index (χ0v) is 8.35. The van der Waals surface area contributed by atoms with Crippen LogP contribution in [0.5, 0.6) is 0 Å². The zero-order chi connectivity index (χ0) is 11.6. The minimum Gasteiger partial charge on any atom is -0.390 e. The van der Waals surface area contributed by atoms with E-state index in [4.69, 9.17) is 5.11 Å². The number of aliphatic hydroxyl groups is 1. The molecule has 84 valence electrons. The predicted octanol–water partition coefficient (Wildman–Crippen LogP) is 1.96. The average Bonchev–Trinajstić information content (AvgIpc) is 2.82. The summed E-state index contributed by atoms with van der Waals surface area (Å²) in [4.78, 5) is 0. The monoisotopic (exact) mass is 224 g/mol. The standard InChI is InChI=1S/C11H10F2N2O/c12-11(13,8-16)9-4-1-2-5-10(9)15-7-3-6-14-15/h1-7,16H,8H2. The first kappa shape index (κ1) is 10.8. The van der Waals surface area contributed by atoms with Gasteiger partial charge in [-0.3, -0.25) is 0 Å². The second-order valence-electron chi connectivity index (χ2n) is 3.33. The molecule has 0 saturated heterocycles. The summed E-state index contributed by atoms with van der Waals surface area (Å²) in [7, 11) is 0. The molecule has 0 saturated carbocycles. The van der Waals surface area contributed by atoms with Crippen LogP contribution < -0.4 is 0 Å². The number of nitrogens with zero attached hydrogens (tertiary/aromatic N) is 2. The summed E-state index contributed by atoms with van der Waals surface area (Å²) in [5, 5.41) is 12.6. The normalized spacial score (nSPS) is 11.7. The highest BCUT2D eigenvalue weighted by atomic mass is 19.3. The fourth-order valence-corrected chi connectivity index (χ4v) is 1.48. The van der Waals surface area contributed by atoms with Crippen molar-refractivity contribution >= 4 is 0 Å². The maximum absolute atomic E-state index is 13.4. The van der Waals surface area contributed by atoms with Crippen LogP contribution in [0.25, 0.3) is 5.69 Å². The summed E-state index contributed by atoms with van der Waals surface area (Å²) in [5.41, 5.74) is 0.0350. The van der Waals surface area contributed by atoms with E-state index in [2.05, 4.69) is 5.10 Å². The minimum atomic E-state index is -3.26. The SMILES string of the molecule is OCC(F)(F)c1ccccc1-n1cccn1. The van der Waals surface area contributed by atoms with Gasteiger partial charge in [0.15, 0.2) is 0 Å². The van der Waals surface area contributed by atoms with Gasteiger partial charge in [-0.05, 0) is 12.1 Å². The lowest BCUT2D eigenvalue weighted by atomic mass is 10.1. The van der Waals surface area contributed by atoms with E-state index in [1.165, 1.54) is 29.1 Å². The van der Waals surface area contributed by atoms with Crippen LogP contribution >= 0.6 is 0 Å². The molecule has 1 N–H and O–H groups in total. The maximum atomic E-state index is 13.4. The van der Waals surface area contributed by atoms with E-state index in [1.54, 1.807) is 18.3 Å². The van der Waals surface area contributed by atoms with E-state index >= 15 is 0 Å². The van der Waals surface area contributed by atoms with Crippen LogP contribution in [0, 0.1) is 0 Å². The van der Waals surface area contributed by atoms with Crippen LogP contribution in [0.4, 0.5) is 8.78 Å². The Morgan fingerprint density at radius 2 is 2.00 bits per heavy atom. The number of hydrogen-bond acceptors (Lipinski definition) is 2. The zero-order valence-electron chi connectivity index (χ0n) is 8.35. The van der Waals surface area contributed by atoms with E-state index in [-0.39, 0.29) is 11.3 Å². The van der Waals surface area contributed by atoms with Crippen molar-refractivity contribution in [3.05, 3.63) is 48.3 Å². The molecule has 0 aliphatic heterocycles. The van der Waals surface area contributed by atoms with Gasteiger partial charge < -0.3 is 5.11 Å². The Balaban J connectivity index is 2.55. The summed E-state index contributed by atoms with van der Waals surface area (Å²) in [6.07, 6.45) is 3.08. The molecule has 0 spiro atoms. The smallest absolute Gasteiger partial charge is 0.297 e. The third-order valence-corrected chi connectivity index (χ3v) is 2.25. The molecule has 0 bridgehead atoms. The van der Waals surface area contributed by atoms with E-state index < -0.39 is 12.5 Å². The average molecular weight is 224 g/mol. The van der Waals surface area contributed by atoms with Crippen LogP contribution in [0.2, 0.25) is 0 Å². The number of aliphatic hydroxyl groups excluding tert-OH is 1. The van der Waals surface area contributed by atoms with Crippen LogP contribution in [0.1, 0.15) is 5.56 Å². The Morgan fingerprint density at radius 3 is 2.62 bits per heavy atom. The summed E-state index contributed by atoms with van der Waals surface area (Å²) in [6.45, 7) is -1.22. The van der Waals surface area contributed by atoms with E-state index in [0.29, 0.717) is 0 Å². The number of halogens is 2. The van der Waals surface area contributed by atoms with Crippen molar-refractivity contribution < 1.29 is 13.9 Å². The van der Waals surface area contributed by atoms with Crippen molar-refractivity contribution in [1.82, 2.24) is 9.78 Å². The van der Waals surface area contributed by atoms with Gasteiger partial charge in [0.2, 0.25) is 0 Å². The molecule has 5 heteroatoms. The van der Waals surface area contributed by atoms with Crippen LogP contribution in [0.15, 0.2) is 42.7 Å². The molecular weight excluding hydrogens is 214 g/mol. The van der Waals surface area contributed by atoms with Crippen LogP contribution in [-0.2, 0) is 5.92 Å². The molecule has 0 aliphatic rings. The molecule has 1 aromatic carbocycles. The molecule has 1 heterocycles. The molecule has 2 aromatic rings. The van der Waals surface area contributed by atoms with Gasteiger partial charge in [0, 0.05) is 18.0 Å². The molecule has 3 nitrogen and oxygen atoms in total. The second-order valence-corrected chi connectivity index (χ2v) is 3.33. The largest absolute Gasteiger partial charge is 0.390 e. The lowest BCUT2D eigenvalue weighted by Gasteiger charge is -2.17. The number of alkyl halides is 2. The first-order valence-electron chi connectivity index (χ1n) is 4.73. The Hall–Kier alpha value is -1.75. The third kappa shape index (κ3) is 1.81. The highest BCUT2D eigenvalue weighted by Crippen LogP contribution is 2.31. The highest BCUT2D eigenvalue weighted by Gasteiger charge is 2.33. The number of hydrogen-bond donors (Lipinski definition) is 1. The molecule has 0 aliphatic carbocycles. The lowest BCUT2D eigenvalue weighted by molar-refractivity contribution is -0.0556. The van der Waals surface area contributed by atoms with E-state index in [1.807, 2.05) is 0 Å². The first-order valence-corrected chi connectivity index (χ1v) is 4.73. The van der Waals surface area contributed by atoms with Gasteiger partial charge in [-0.15, -0.1) is 0 Å². The van der Waals surface area contributed by atoms with E-state index in [0.717, 1.165) is 0 Å². The summed E-state index contributed by atoms with van der Waals surface area (Å²) in [5.74, 6) is -3.26. The van der Waals surface area contributed by atoms with Crippen molar-refractivity contribution in [2.24, 2.45) is 0 Å². The second kappa shape index (κ2) is 4.02. The predicted molar refractivity (Wildman–Crippen MR) is 54.5 cm³/mol. The van der Waals surface area contributed by atoms with Crippen molar-refractivity contribution in [2.45, 2.75) is 5.92 Å². The van der Waals surface area contributed by atoms with Crippen molar-refractivity contribution in [3.63, 3.8) is 0 Å². The van der Waals surface area contributed by atoms with Gasteiger partial charge in [-0.2, -0.15) is 13.9 Å². The maximum Gasteiger partial charge on any atom is 0.297 e. The molecule has 2 rings (SSSR count). The molecule has 0 amide bonds. The van der Waals surface area contributed by atoms with Gasteiger partial charge >= 0.3 is 0 Å². The highest BCUT2D eigenvalue weighted by molar-refractivity contribution is 5.43. The lowest BCUT2D eigenvalue weighted by Crippen LogP contribution is -2.21. The van der Waals surface area contributed by atoms with Gasteiger partial charge in [-0.1, -0.05) is 18.2 Å². The number of rotatable bonds is 3. The van der Waals surface area contributed by atoms with Gasteiger partial charge in [0.1, 0.15) is 6.61 Å². The minimum absolute atomic E-state index is 0.235. The van der Waals surface area contributed by atoms with Crippen molar-refractivity contribution in [3.8, 4) is 5.69 Å². The molecule has 0 radical (unpaired) electrons. The Morgan fingerprint density at radius 1 is 1.25 bits per heavy atom. The van der Waals surface area contributed by atoms with Gasteiger partial charge in [0.25, 0.3) is 5.92 Å². The third-order valence-electron chi connectivity index (χ3n) is 2.25. The summed E-state index contributed by atoms with van der Waals surface area (Å²) >= 11 is 0. The molecule has 16 heavy (non-hydrogen) atoms. The molecule has 0 unspecified atom stereocenters. The number of para-hydroxylation sites is 1. The fraction of sp³-hybridized carbons (Fsp3) is 0.182. The quantitative estimate of drug-likeness (QED) is 0.865. The summed E-state index contributed by atoms with van der Waals surface area (Å²) < 4.78 is 28.2. The molecular formula is C11H10F2N2O. The Labute approximate surface area is 91.0 Å². The first-order chi connectivity index (χ1) is 7.65. The van der Waals surface area contributed by atoms with Crippen LogP contribution in [0.3, 0.4) is 0 Å². The van der Waals surface area contributed by atoms with Gasteiger partial charge in [-0.25, -0.2) is 4.68 Å². The van der Waals surface area contributed by atoms with Crippen LogP contribution in [-0.4, -0.2) is 21.5 Å². The van der Waals surface area contributed by atoms with E-state index in [9.17, 15) is 8.78 Å². The Bertz CT molecular complexity index is 469. The fourth-order valence-electron chi connectivity index (χ4n) is 1.48.